The summed E-state index contributed by atoms with van der Waals surface area (Å²) in [6.07, 6.45) is 6.97. The number of aromatic amines is 1. The van der Waals surface area contributed by atoms with Crippen molar-refractivity contribution in [2.45, 2.75) is 13.8 Å². The topological polar surface area (TPSA) is 72.0 Å². The zero-order chi connectivity index (χ0) is 12.8. The highest BCUT2D eigenvalue weighted by Gasteiger charge is 2.14. The highest BCUT2D eigenvalue weighted by molar-refractivity contribution is 5.87. The number of esters is 1. The van der Waals surface area contributed by atoms with E-state index >= 15 is 0 Å². The van der Waals surface area contributed by atoms with Crippen LogP contribution in [0.5, 0.6) is 0 Å². The van der Waals surface area contributed by atoms with Crippen LogP contribution in [-0.2, 0) is 4.74 Å². The van der Waals surface area contributed by atoms with E-state index in [0.29, 0.717) is 11.4 Å². The predicted molar refractivity (Wildman–Crippen MR) is 65.6 cm³/mol. The molecule has 0 unspecified atom stereocenters. The van der Waals surface area contributed by atoms with E-state index in [0.717, 1.165) is 0 Å². The molecular formula is C12H14N2O3. The van der Waals surface area contributed by atoms with Gasteiger partial charge in [0.05, 0.1) is 18.5 Å². The quantitative estimate of drug-likeness (QED) is 0.807. The molecule has 0 aliphatic rings. The fraction of sp³-hybridized carbons (Fsp3) is 0.250. The summed E-state index contributed by atoms with van der Waals surface area (Å²) in [7, 11) is 1.21. The van der Waals surface area contributed by atoms with Gasteiger partial charge in [-0.25, -0.2) is 9.78 Å². The van der Waals surface area contributed by atoms with E-state index in [1.165, 1.54) is 7.11 Å². The smallest absolute Gasteiger partial charge is 0.362 e. The molecule has 0 radical (unpaired) electrons. The minimum atomic E-state index is -0.746. The highest BCUT2D eigenvalue weighted by atomic mass is 16.5. The van der Waals surface area contributed by atoms with Crippen LogP contribution in [0.15, 0.2) is 16.9 Å². The Morgan fingerprint density at radius 3 is 2.47 bits per heavy atom. The second kappa shape index (κ2) is 5.79. The van der Waals surface area contributed by atoms with Gasteiger partial charge in [0, 0.05) is 0 Å². The number of allylic oxidation sites excluding steroid dienone is 2. The van der Waals surface area contributed by atoms with Crippen LogP contribution in [0.2, 0.25) is 0 Å². The molecule has 0 spiro atoms. The number of H-pyrrole nitrogens is 1. The van der Waals surface area contributed by atoms with Gasteiger partial charge in [0.15, 0.2) is 0 Å². The third-order valence-electron chi connectivity index (χ3n) is 2.01. The van der Waals surface area contributed by atoms with Crippen LogP contribution in [0.4, 0.5) is 0 Å². The molecule has 0 atom stereocenters. The maximum atomic E-state index is 11.6. The first-order chi connectivity index (χ1) is 8.13. The number of rotatable bonds is 3. The van der Waals surface area contributed by atoms with Crippen LogP contribution >= 0.6 is 0 Å². The third-order valence-corrected chi connectivity index (χ3v) is 2.01. The number of nitrogens with zero attached hydrogens (tertiary/aromatic N) is 1. The molecule has 0 fully saturated rings. The molecule has 1 N–H and O–H groups in total. The second-order valence-corrected chi connectivity index (χ2v) is 3.21. The van der Waals surface area contributed by atoms with Gasteiger partial charge in [0.25, 0.3) is 5.56 Å². The standard InChI is InChI=1S/C12H14N2O3/c1-4-6-8-9(7-5-2)14-11(15)10(13-8)12(16)17-3/h4-7H,1-3H3,(H,14,15)/b6-4-,7-5-. The molecule has 0 saturated carbocycles. The summed E-state index contributed by atoms with van der Waals surface area (Å²) in [5.41, 5.74) is 0.279. The lowest BCUT2D eigenvalue weighted by Crippen LogP contribution is -2.23. The molecule has 90 valence electrons. The largest absolute Gasteiger partial charge is 0.464 e. The average molecular weight is 234 g/mol. The van der Waals surface area contributed by atoms with E-state index in [2.05, 4.69) is 14.7 Å². The van der Waals surface area contributed by atoms with E-state index in [1.807, 2.05) is 13.8 Å². The first-order valence-electron chi connectivity index (χ1n) is 5.12. The zero-order valence-electron chi connectivity index (χ0n) is 9.98. The van der Waals surface area contributed by atoms with E-state index in [9.17, 15) is 9.59 Å². The Labute approximate surface area is 98.8 Å². The maximum absolute atomic E-state index is 11.6. The predicted octanol–water partition coefficient (Wildman–Crippen LogP) is 1.62. The summed E-state index contributed by atoms with van der Waals surface area (Å²) in [6.45, 7) is 3.65. The third kappa shape index (κ3) is 2.90. The van der Waals surface area contributed by atoms with E-state index in [4.69, 9.17) is 0 Å². The molecular weight excluding hydrogens is 220 g/mol. The molecule has 0 aliphatic heterocycles. The molecule has 1 aromatic heterocycles. The van der Waals surface area contributed by atoms with Gasteiger partial charge in [-0.1, -0.05) is 12.2 Å². The van der Waals surface area contributed by atoms with Crippen molar-refractivity contribution >= 4 is 18.1 Å². The van der Waals surface area contributed by atoms with Gasteiger partial charge in [-0.3, -0.25) is 4.79 Å². The lowest BCUT2D eigenvalue weighted by molar-refractivity contribution is 0.0591. The summed E-state index contributed by atoms with van der Waals surface area (Å²) < 4.78 is 4.49. The van der Waals surface area contributed by atoms with Gasteiger partial charge in [-0.2, -0.15) is 0 Å². The van der Waals surface area contributed by atoms with Crippen molar-refractivity contribution in [1.29, 1.82) is 0 Å². The van der Waals surface area contributed by atoms with Gasteiger partial charge in [0.1, 0.15) is 0 Å². The fourth-order valence-electron chi connectivity index (χ4n) is 1.29. The van der Waals surface area contributed by atoms with Gasteiger partial charge in [0.2, 0.25) is 5.69 Å². The Bertz CT molecular complexity index is 527. The normalized spacial score (nSPS) is 11.2. The Morgan fingerprint density at radius 1 is 1.29 bits per heavy atom. The van der Waals surface area contributed by atoms with Crippen LogP contribution in [0.3, 0.4) is 0 Å². The number of hydrogen-bond acceptors (Lipinski definition) is 4. The van der Waals surface area contributed by atoms with Crippen molar-refractivity contribution in [3.8, 4) is 0 Å². The Morgan fingerprint density at radius 2 is 1.94 bits per heavy atom. The monoisotopic (exact) mass is 234 g/mol. The summed E-state index contributed by atoms with van der Waals surface area (Å²) in [5.74, 6) is -0.746. The summed E-state index contributed by atoms with van der Waals surface area (Å²) in [4.78, 5) is 29.5. The molecule has 0 amide bonds. The number of aromatic nitrogens is 2. The molecule has 1 rings (SSSR count). The summed E-state index contributed by atoms with van der Waals surface area (Å²) in [6, 6.07) is 0. The van der Waals surface area contributed by atoms with Crippen LogP contribution in [0.25, 0.3) is 12.2 Å². The van der Waals surface area contributed by atoms with Crippen molar-refractivity contribution in [2.24, 2.45) is 0 Å². The van der Waals surface area contributed by atoms with Crippen molar-refractivity contribution in [1.82, 2.24) is 9.97 Å². The van der Waals surface area contributed by atoms with Crippen LogP contribution in [0, 0.1) is 0 Å². The lowest BCUT2D eigenvalue weighted by Gasteiger charge is -2.03. The molecule has 0 bridgehead atoms. The molecule has 0 aliphatic carbocycles. The Kier molecular flexibility index (Phi) is 4.39. The van der Waals surface area contributed by atoms with Crippen molar-refractivity contribution in [3.63, 3.8) is 0 Å². The Balaban J connectivity index is 3.44. The minimum absolute atomic E-state index is 0.242. The summed E-state index contributed by atoms with van der Waals surface area (Å²) in [5, 5.41) is 0. The van der Waals surface area contributed by atoms with Crippen LogP contribution < -0.4 is 5.56 Å². The first-order valence-corrected chi connectivity index (χ1v) is 5.12. The highest BCUT2D eigenvalue weighted by Crippen LogP contribution is 2.06. The number of hydrogen-bond donors (Lipinski definition) is 1. The molecule has 5 nitrogen and oxygen atoms in total. The lowest BCUT2D eigenvalue weighted by atomic mass is 10.2. The second-order valence-electron chi connectivity index (χ2n) is 3.21. The van der Waals surface area contributed by atoms with Crippen molar-refractivity contribution < 1.29 is 9.53 Å². The number of carbonyl (C=O) groups excluding carboxylic acids is 1. The number of methoxy groups -OCH3 is 1. The van der Waals surface area contributed by atoms with E-state index in [-0.39, 0.29) is 5.69 Å². The maximum Gasteiger partial charge on any atom is 0.362 e. The fourth-order valence-corrected chi connectivity index (χ4v) is 1.29. The number of ether oxygens (including phenoxy) is 1. The van der Waals surface area contributed by atoms with Crippen LogP contribution in [-0.4, -0.2) is 23.0 Å². The molecule has 5 heteroatoms. The summed E-state index contributed by atoms with van der Waals surface area (Å²) >= 11 is 0. The van der Waals surface area contributed by atoms with Gasteiger partial charge in [-0.15, -0.1) is 0 Å². The molecule has 0 aromatic carbocycles. The SMILES string of the molecule is C/C=C\c1nc(C(=O)OC)c(=O)[nH]c1/C=C\C. The average Bonchev–Trinajstić information content (AvgIpc) is 2.32. The molecule has 1 heterocycles. The number of nitrogens with one attached hydrogen (secondary N) is 1. The number of carbonyl (C=O) groups is 1. The van der Waals surface area contributed by atoms with Gasteiger partial charge >= 0.3 is 5.97 Å². The minimum Gasteiger partial charge on any atom is -0.464 e. The van der Waals surface area contributed by atoms with E-state index in [1.54, 1.807) is 24.3 Å². The van der Waals surface area contributed by atoms with Gasteiger partial charge < -0.3 is 9.72 Å². The van der Waals surface area contributed by atoms with E-state index < -0.39 is 11.5 Å². The molecule has 1 aromatic rings. The molecule has 0 saturated heterocycles. The Hall–Kier alpha value is -2.17. The van der Waals surface area contributed by atoms with Crippen molar-refractivity contribution in [2.75, 3.05) is 7.11 Å². The van der Waals surface area contributed by atoms with Crippen LogP contribution in [0.1, 0.15) is 35.7 Å². The molecule has 17 heavy (non-hydrogen) atoms. The van der Waals surface area contributed by atoms with Crippen molar-refractivity contribution in [3.05, 3.63) is 39.6 Å². The van der Waals surface area contributed by atoms with Gasteiger partial charge in [-0.05, 0) is 26.0 Å². The first kappa shape index (κ1) is 12.9. The zero-order valence-corrected chi connectivity index (χ0v) is 9.98.